The second kappa shape index (κ2) is 7.38. The molecule has 0 radical (unpaired) electrons. The number of nitrogens with zero attached hydrogens (tertiary/aromatic N) is 1. The van der Waals surface area contributed by atoms with Crippen LogP contribution in [0.3, 0.4) is 0 Å². The molecule has 1 amide bonds. The van der Waals surface area contributed by atoms with Gasteiger partial charge in [-0.05, 0) is 31.0 Å². The van der Waals surface area contributed by atoms with Crippen molar-refractivity contribution in [2.45, 2.75) is 25.4 Å². The van der Waals surface area contributed by atoms with Gasteiger partial charge in [0, 0.05) is 36.8 Å². The zero-order valence-corrected chi connectivity index (χ0v) is 13.0. The van der Waals surface area contributed by atoms with Crippen molar-refractivity contribution in [2.24, 2.45) is 0 Å². The lowest BCUT2D eigenvalue weighted by Crippen LogP contribution is -2.44. The Kier molecular flexibility index (Phi) is 5.03. The molecule has 0 aromatic heterocycles. The van der Waals surface area contributed by atoms with E-state index in [-0.39, 0.29) is 17.8 Å². The molecule has 1 N–H and O–H groups in total. The number of piperidine rings is 1. The number of hydrogen-bond acceptors (Lipinski definition) is 2. The molecule has 120 valence electrons. The average Bonchev–Trinajstić information content (AvgIpc) is 2.59. The Morgan fingerprint density at radius 3 is 2.39 bits per heavy atom. The van der Waals surface area contributed by atoms with Gasteiger partial charge in [0.1, 0.15) is 5.82 Å². The quantitative estimate of drug-likeness (QED) is 0.940. The highest BCUT2D eigenvalue weighted by Crippen LogP contribution is 2.16. The lowest BCUT2D eigenvalue weighted by Gasteiger charge is -2.32. The van der Waals surface area contributed by atoms with Crippen LogP contribution >= 0.6 is 0 Å². The van der Waals surface area contributed by atoms with Gasteiger partial charge in [0.25, 0.3) is 5.91 Å². The van der Waals surface area contributed by atoms with Gasteiger partial charge in [-0.25, -0.2) is 4.39 Å². The third-order valence-corrected chi connectivity index (χ3v) is 4.31. The van der Waals surface area contributed by atoms with Crippen molar-refractivity contribution in [1.29, 1.82) is 0 Å². The molecular weight excluding hydrogens is 291 g/mol. The van der Waals surface area contributed by atoms with E-state index in [1.165, 1.54) is 6.07 Å². The van der Waals surface area contributed by atoms with Crippen LogP contribution in [0.2, 0.25) is 0 Å². The summed E-state index contributed by atoms with van der Waals surface area (Å²) in [6.07, 6.45) is 1.79. The molecule has 3 nitrogen and oxygen atoms in total. The topological polar surface area (TPSA) is 32.3 Å². The van der Waals surface area contributed by atoms with Crippen LogP contribution in [-0.2, 0) is 6.54 Å². The molecule has 1 aliphatic heterocycles. The number of halogens is 1. The van der Waals surface area contributed by atoms with Crippen molar-refractivity contribution in [3.05, 3.63) is 71.5 Å². The smallest absolute Gasteiger partial charge is 0.251 e. The maximum atomic E-state index is 13.7. The van der Waals surface area contributed by atoms with E-state index in [0.29, 0.717) is 12.1 Å². The van der Waals surface area contributed by atoms with Crippen LogP contribution in [0.25, 0.3) is 0 Å². The summed E-state index contributed by atoms with van der Waals surface area (Å²) in [6.45, 7) is 2.37. The average molecular weight is 312 g/mol. The van der Waals surface area contributed by atoms with E-state index in [9.17, 15) is 9.18 Å². The number of carbonyl (C=O) groups excluding carboxylic acids is 1. The molecule has 0 saturated carbocycles. The fourth-order valence-corrected chi connectivity index (χ4v) is 2.96. The fraction of sp³-hybridized carbons (Fsp3) is 0.316. The first-order valence-electron chi connectivity index (χ1n) is 8.04. The number of hydrogen-bond donors (Lipinski definition) is 1. The van der Waals surface area contributed by atoms with Crippen LogP contribution in [0.1, 0.15) is 28.8 Å². The number of nitrogens with one attached hydrogen (secondary N) is 1. The molecule has 1 heterocycles. The van der Waals surface area contributed by atoms with Gasteiger partial charge in [-0.2, -0.15) is 0 Å². The lowest BCUT2D eigenvalue weighted by molar-refractivity contribution is 0.0908. The van der Waals surface area contributed by atoms with Gasteiger partial charge in [-0.15, -0.1) is 0 Å². The van der Waals surface area contributed by atoms with Crippen molar-refractivity contribution in [3.63, 3.8) is 0 Å². The highest BCUT2D eigenvalue weighted by molar-refractivity contribution is 5.94. The number of likely N-dealkylation sites (tertiary alicyclic amines) is 1. The molecule has 0 aliphatic carbocycles. The van der Waals surface area contributed by atoms with Crippen molar-refractivity contribution in [1.82, 2.24) is 10.2 Å². The standard InChI is InChI=1S/C19H21FN2O/c20-18-9-5-4-8-16(18)14-22-12-10-17(11-13-22)21-19(23)15-6-2-1-3-7-15/h1-9,17H,10-14H2,(H,21,23). The van der Waals surface area contributed by atoms with Crippen molar-refractivity contribution < 1.29 is 9.18 Å². The Balaban J connectivity index is 1.49. The first-order valence-corrected chi connectivity index (χ1v) is 8.04. The first kappa shape index (κ1) is 15.7. The van der Waals surface area contributed by atoms with Gasteiger partial charge in [0.2, 0.25) is 0 Å². The Bertz CT molecular complexity index is 651. The van der Waals surface area contributed by atoms with E-state index in [1.807, 2.05) is 42.5 Å². The number of benzene rings is 2. The summed E-state index contributed by atoms with van der Waals surface area (Å²) in [5, 5.41) is 3.09. The Hall–Kier alpha value is -2.20. The molecule has 4 heteroatoms. The molecule has 3 rings (SSSR count). The van der Waals surface area contributed by atoms with Crippen LogP contribution < -0.4 is 5.32 Å². The summed E-state index contributed by atoms with van der Waals surface area (Å²) in [4.78, 5) is 14.4. The van der Waals surface area contributed by atoms with Gasteiger partial charge >= 0.3 is 0 Å². The number of carbonyl (C=O) groups is 1. The predicted molar refractivity (Wildman–Crippen MR) is 88.6 cm³/mol. The summed E-state index contributed by atoms with van der Waals surface area (Å²) in [5.74, 6) is -0.162. The summed E-state index contributed by atoms with van der Waals surface area (Å²) >= 11 is 0. The number of rotatable bonds is 4. The first-order chi connectivity index (χ1) is 11.2. The van der Waals surface area contributed by atoms with Gasteiger partial charge in [0.05, 0.1) is 0 Å². The molecule has 0 unspecified atom stereocenters. The van der Waals surface area contributed by atoms with E-state index in [4.69, 9.17) is 0 Å². The van der Waals surface area contributed by atoms with Crippen LogP contribution in [0.4, 0.5) is 4.39 Å². The molecule has 1 fully saturated rings. The minimum absolute atomic E-state index is 0.0156. The Morgan fingerprint density at radius 1 is 1.04 bits per heavy atom. The maximum Gasteiger partial charge on any atom is 0.251 e. The van der Waals surface area contributed by atoms with E-state index in [1.54, 1.807) is 6.07 Å². The van der Waals surface area contributed by atoms with Crippen molar-refractivity contribution in [2.75, 3.05) is 13.1 Å². The molecule has 2 aromatic rings. The molecule has 1 saturated heterocycles. The maximum absolute atomic E-state index is 13.7. The Labute approximate surface area is 136 Å². The van der Waals surface area contributed by atoms with Crippen LogP contribution in [0.5, 0.6) is 0 Å². The highest BCUT2D eigenvalue weighted by atomic mass is 19.1. The van der Waals surface area contributed by atoms with Crippen LogP contribution in [-0.4, -0.2) is 29.9 Å². The zero-order valence-electron chi connectivity index (χ0n) is 13.0. The SMILES string of the molecule is O=C(NC1CCN(Cc2ccccc2F)CC1)c1ccccc1. The van der Waals surface area contributed by atoms with Crippen LogP contribution in [0, 0.1) is 5.82 Å². The summed E-state index contributed by atoms with van der Waals surface area (Å²) in [7, 11) is 0. The second-order valence-electron chi connectivity index (χ2n) is 5.98. The third kappa shape index (κ3) is 4.17. The summed E-state index contributed by atoms with van der Waals surface area (Å²) < 4.78 is 13.7. The van der Waals surface area contributed by atoms with E-state index in [2.05, 4.69) is 10.2 Å². The zero-order chi connectivity index (χ0) is 16.1. The van der Waals surface area contributed by atoms with Gasteiger partial charge < -0.3 is 5.32 Å². The molecular formula is C19H21FN2O. The van der Waals surface area contributed by atoms with Crippen LogP contribution in [0.15, 0.2) is 54.6 Å². The molecule has 0 atom stereocenters. The molecule has 2 aromatic carbocycles. The molecule has 0 bridgehead atoms. The van der Waals surface area contributed by atoms with Gasteiger partial charge in [-0.3, -0.25) is 9.69 Å². The van der Waals surface area contributed by atoms with E-state index >= 15 is 0 Å². The second-order valence-corrected chi connectivity index (χ2v) is 5.98. The minimum atomic E-state index is -0.146. The number of amides is 1. The highest BCUT2D eigenvalue weighted by Gasteiger charge is 2.21. The van der Waals surface area contributed by atoms with Crippen molar-refractivity contribution in [3.8, 4) is 0 Å². The van der Waals surface area contributed by atoms with E-state index < -0.39 is 0 Å². The lowest BCUT2D eigenvalue weighted by atomic mass is 10.0. The van der Waals surface area contributed by atoms with Gasteiger partial charge in [0.15, 0.2) is 0 Å². The minimum Gasteiger partial charge on any atom is -0.349 e. The third-order valence-electron chi connectivity index (χ3n) is 4.31. The largest absolute Gasteiger partial charge is 0.349 e. The summed E-state index contributed by atoms with van der Waals surface area (Å²) in [5.41, 5.74) is 1.43. The monoisotopic (exact) mass is 312 g/mol. The Morgan fingerprint density at radius 2 is 1.70 bits per heavy atom. The van der Waals surface area contributed by atoms with Gasteiger partial charge in [-0.1, -0.05) is 36.4 Å². The molecule has 23 heavy (non-hydrogen) atoms. The molecule has 1 aliphatic rings. The predicted octanol–water partition coefficient (Wildman–Crippen LogP) is 3.22. The fourth-order valence-electron chi connectivity index (χ4n) is 2.96. The normalized spacial score (nSPS) is 16.2. The van der Waals surface area contributed by atoms with Crippen molar-refractivity contribution >= 4 is 5.91 Å². The van der Waals surface area contributed by atoms with E-state index in [0.717, 1.165) is 31.5 Å². The summed E-state index contributed by atoms with van der Waals surface area (Å²) in [6, 6.07) is 16.4. The molecule has 0 spiro atoms.